The fourth-order valence-electron chi connectivity index (χ4n) is 4.99. The van der Waals surface area contributed by atoms with Crippen LogP contribution >= 0.6 is 0 Å². The molecule has 0 N–H and O–H groups in total. The fraction of sp³-hybridized carbons (Fsp3) is 0.364. The van der Waals surface area contributed by atoms with E-state index in [1.807, 2.05) is 0 Å². The lowest BCUT2D eigenvalue weighted by Crippen LogP contribution is -2.57. The van der Waals surface area contributed by atoms with E-state index in [1.54, 1.807) is 5.56 Å². The highest BCUT2D eigenvalue weighted by atomic mass is 15.4. The van der Waals surface area contributed by atoms with E-state index in [4.69, 9.17) is 0 Å². The summed E-state index contributed by atoms with van der Waals surface area (Å²) in [5.74, 6) is 1.03. The van der Waals surface area contributed by atoms with E-state index < -0.39 is 0 Å². The largest absolute Gasteiger partial charge is 0.320 e. The number of piperidine rings is 3. The van der Waals surface area contributed by atoms with Gasteiger partial charge in [-0.3, -0.25) is 0 Å². The van der Waals surface area contributed by atoms with Gasteiger partial charge in [-0.1, -0.05) is 48.5 Å². The summed E-state index contributed by atoms with van der Waals surface area (Å²) in [7, 11) is 0. The molecule has 3 aromatic rings. The lowest BCUT2D eigenvalue weighted by atomic mass is 9.84. The van der Waals surface area contributed by atoms with Gasteiger partial charge in [-0.05, 0) is 52.8 Å². The van der Waals surface area contributed by atoms with E-state index in [1.165, 1.54) is 71.5 Å². The summed E-state index contributed by atoms with van der Waals surface area (Å²) in [5, 5.41) is 5.72. The van der Waals surface area contributed by atoms with Crippen molar-refractivity contribution in [3.05, 3.63) is 60.2 Å². The summed E-state index contributed by atoms with van der Waals surface area (Å²) >= 11 is 0. The first kappa shape index (κ1) is 13.6. The quantitative estimate of drug-likeness (QED) is 0.455. The molecule has 3 heterocycles. The van der Waals surface area contributed by atoms with Gasteiger partial charge in [-0.2, -0.15) is 0 Å². The van der Waals surface area contributed by atoms with Crippen molar-refractivity contribution < 1.29 is 4.48 Å². The van der Waals surface area contributed by atoms with Crippen molar-refractivity contribution in [2.75, 3.05) is 19.6 Å². The summed E-state index contributed by atoms with van der Waals surface area (Å²) in [6, 6.07) is 20.3. The van der Waals surface area contributed by atoms with Gasteiger partial charge in [-0.25, -0.2) is 0 Å². The van der Waals surface area contributed by atoms with E-state index >= 15 is 0 Å². The molecule has 23 heavy (non-hydrogen) atoms. The molecule has 3 fully saturated rings. The van der Waals surface area contributed by atoms with Crippen LogP contribution in [-0.2, 0) is 6.54 Å². The second kappa shape index (κ2) is 5.07. The van der Waals surface area contributed by atoms with Crippen LogP contribution in [0.25, 0.3) is 21.5 Å². The number of hydrogen-bond donors (Lipinski definition) is 0. The third kappa shape index (κ3) is 2.18. The molecule has 0 spiro atoms. The van der Waals surface area contributed by atoms with Crippen LogP contribution in [0.15, 0.2) is 54.6 Å². The average molecular weight is 302 g/mol. The van der Waals surface area contributed by atoms with E-state index in [2.05, 4.69) is 54.6 Å². The molecule has 0 unspecified atom stereocenters. The summed E-state index contributed by atoms with van der Waals surface area (Å²) in [5.41, 5.74) is 1.58. The van der Waals surface area contributed by atoms with Gasteiger partial charge in [0.1, 0.15) is 6.54 Å². The summed E-state index contributed by atoms with van der Waals surface area (Å²) in [6.45, 7) is 5.39. The molecule has 0 amide bonds. The molecule has 1 heteroatoms. The van der Waals surface area contributed by atoms with E-state index in [0.717, 1.165) is 5.92 Å². The lowest BCUT2D eigenvalue weighted by molar-refractivity contribution is -0.954. The van der Waals surface area contributed by atoms with E-state index in [9.17, 15) is 0 Å². The van der Waals surface area contributed by atoms with Gasteiger partial charge in [0.05, 0.1) is 19.6 Å². The molecule has 3 aliphatic heterocycles. The minimum atomic E-state index is 1.03. The number of fused-ring (bicyclic) bond motifs is 5. The van der Waals surface area contributed by atoms with Crippen LogP contribution in [-0.4, -0.2) is 24.1 Å². The topological polar surface area (TPSA) is 0 Å². The number of quaternary nitrogens is 1. The zero-order chi connectivity index (χ0) is 15.3. The molecule has 0 saturated carbocycles. The Labute approximate surface area is 138 Å². The number of rotatable bonds is 2. The minimum Gasteiger partial charge on any atom is -0.320 e. The van der Waals surface area contributed by atoms with Crippen LogP contribution in [0.2, 0.25) is 0 Å². The molecule has 3 aliphatic rings. The van der Waals surface area contributed by atoms with Gasteiger partial charge < -0.3 is 4.48 Å². The van der Waals surface area contributed by atoms with Crippen molar-refractivity contribution in [2.45, 2.75) is 25.8 Å². The second-order valence-electron chi connectivity index (χ2n) is 7.70. The Hall–Kier alpha value is -1.86. The second-order valence-corrected chi connectivity index (χ2v) is 7.70. The maximum Gasteiger partial charge on any atom is 0.106 e. The van der Waals surface area contributed by atoms with Crippen LogP contribution in [0.4, 0.5) is 0 Å². The highest BCUT2D eigenvalue weighted by Gasteiger charge is 2.40. The Balaban J connectivity index is 1.71. The Morgan fingerprint density at radius 3 is 1.83 bits per heavy atom. The SMILES string of the molecule is c1ccc2c(C[N+]34CCC(CC3)CC4)c3ccccc3cc2c1. The molecule has 6 rings (SSSR count). The van der Waals surface area contributed by atoms with Gasteiger partial charge in [-0.15, -0.1) is 0 Å². The predicted octanol–water partition coefficient (Wildman–Crippen LogP) is 5.12. The third-order valence-corrected chi connectivity index (χ3v) is 6.41. The van der Waals surface area contributed by atoms with Crippen LogP contribution in [0, 0.1) is 5.92 Å². The molecule has 1 nitrogen and oxygen atoms in total. The minimum absolute atomic E-state index is 1.03. The molecule has 0 aromatic heterocycles. The van der Waals surface area contributed by atoms with Crippen molar-refractivity contribution in [3.63, 3.8) is 0 Å². The molecule has 3 saturated heterocycles. The Kier molecular flexibility index (Phi) is 2.99. The summed E-state index contributed by atoms with van der Waals surface area (Å²) in [4.78, 5) is 0. The lowest BCUT2D eigenvalue weighted by Gasteiger charge is -2.49. The molecule has 0 aliphatic carbocycles. The number of nitrogens with zero attached hydrogens (tertiary/aromatic N) is 1. The molecule has 0 radical (unpaired) electrons. The molecule has 2 bridgehead atoms. The van der Waals surface area contributed by atoms with Crippen molar-refractivity contribution in [1.82, 2.24) is 0 Å². The smallest absolute Gasteiger partial charge is 0.106 e. The average Bonchev–Trinajstić information content (AvgIpc) is 2.63. The Morgan fingerprint density at radius 1 is 0.739 bits per heavy atom. The first-order chi connectivity index (χ1) is 11.3. The van der Waals surface area contributed by atoms with Crippen LogP contribution < -0.4 is 0 Å². The number of benzene rings is 3. The van der Waals surface area contributed by atoms with Crippen molar-refractivity contribution >= 4 is 21.5 Å². The zero-order valence-electron chi connectivity index (χ0n) is 13.7. The normalized spacial score (nSPS) is 26.9. The Morgan fingerprint density at radius 2 is 1.26 bits per heavy atom. The van der Waals surface area contributed by atoms with E-state index in [0.29, 0.717) is 0 Å². The van der Waals surface area contributed by atoms with Gasteiger partial charge in [0.15, 0.2) is 0 Å². The number of hydrogen-bond acceptors (Lipinski definition) is 0. The first-order valence-corrected chi connectivity index (χ1v) is 9.08. The summed E-state index contributed by atoms with van der Waals surface area (Å²) < 4.78 is 1.33. The first-order valence-electron chi connectivity index (χ1n) is 9.08. The zero-order valence-corrected chi connectivity index (χ0v) is 13.7. The molecular formula is C22H24N+. The highest BCUT2D eigenvalue weighted by molar-refractivity contribution is 6.02. The maximum atomic E-state index is 2.36. The van der Waals surface area contributed by atoms with Gasteiger partial charge in [0.25, 0.3) is 0 Å². The molecule has 3 aromatic carbocycles. The van der Waals surface area contributed by atoms with E-state index in [-0.39, 0.29) is 0 Å². The van der Waals surface area contributed by atoms with Crippen LogP contribution in [0.3, 0.4) is 0 Å². The van der Waals surface area contributed by atoms with Gasteiger partial charge in [0, 0.05) is 5.56 Å². The molecule has 116 valence electrons. The third-order valence-electron chi connectivity index (χ3n) is 6.41. The van der Waals surface area contributed by atoms with Crippen molar-refractivity contribution in [2.24, 2.45) is 5.92 Å². The van der Waals surface area contributed by atoms with Crippen LogP contribution in [0.1, 0.15) is 24.8 Å². The predicted molar refractivity (Wildman–Crippen MR) is 97.4 cm³/mol. The van der Waals surface area contributed by atoms with Gasteiger partial charge in [0.2, 0.25) is 0 Å². The fourth-order valence-corrected chi connectivity index (χ4v) is 4.99. The monoisotopic (exact) mass is 302 g/mol. The van der Waals surface area contributed by atoms with Crippen LogP contribution in [0.5, 0.6) is 0 Å². The van der Waals surface area contributed by atoms with Crippen molar-refractivity contribution in [1.29, 1.82) is 0 Å². The highest BCUT2D eigenvalue weighted by Crippen LogP contribution is 2.38. The van der Waals surface area contributed by atoms with Crippen molar-refractivity contribution in [3.8, 4) is 0 Å². The standard InChI is InChI=1S/C22H24N/c1-3-7-20-18(5-1)15-19-6-2-4-8-21(19)22(20)16-23-12-9-17(10-13-23)11-14-23/h1-8,15,17H,9-14,16H2/q+1. The Bertz CT molecular complexity index is 804. The molecular weight excluding hydrogens is 278 g/mol. The summed E-state index contributed by atoms with van der Waals surface area (Å²) in [6.07, 6.45) is 4.34. The van der Waals surface area contributed by atoms with Gasteiger partial charge >= 0.3 is 0 Å². The molecule has 0 atom stereocenters. The maximum absolute atomic E-state index is 2.36.